The highest BCUT2D eigenvalue weighted by Gasteiger charge is 2.58. The maximum atomic E-state index is 12.0. The normalized spacial score (nSPS) is 23.0. The molecule has 0 bridgehead atoms. The van der Waals surface area contributed by atoms with Crippen molar-refractivity contribution in [2.45, 2.75) is 46.1 Å². The molecule has 0 unspecified atom stereocenters. The molecule has 1 aliphatic carbocycles. The number of phenolic OH excluding ortho intramolecular Hbond substituents is 1. The summed E-state index contributed by atoms with van der Waals surface area (Å²) in [7, 11) is 0. The second-order valence-electron chi connectivity index (χ2n) is 7.54. The SMILES string of the molecule is CC(C)(C)OC(=O)Nc1ccc(O)cc1[C@@H]1[C@@H](CN)C1(C)C. The van der Waals surface area contributed by atoms with Gasteiger partial charge in [0, 0.05) is 5.69 Å². The van der Waals surface area contributed by atoms with Crippen molar-refractivity contribution in [1.29, 1.82) is 0 Å². The Kier molecular flexibility index (Phi) is 4.13. The van der Waals surface area contributed by atoms with E-state index in [1.54, 1.807) is 18.2 Å². The van der Waals surface area contributed by atoms with E-state index >= 15 is 0 Å². The lowest BCUT2D eigenvalue weighted by atomic mass is 10.0. The molecule has 2 rings (SSSR count). The lowest BCUT2D eigenvalue weighted by Crippen LogP contribution is -2.27. The molecule has 0 aliphatic heterocycles. The van der Waals surface area contributed by atoms with Gasteiger partial charge in [-0.05, 0) is 68.3 Å². The third-order valence-corrected chi connectivity index (χ3v) is 4.31. The van der Waals surface area contributed by atoms with Gasteiger partial charge in [0.05, 0.1) is 0 Å². The van der Waals surface area contributed by atoms with Gasteiger partial charge >= 0.3 is 6.09 Å². The fourth-order valence-corrected chi connectivity index (χ4v) is 3.14. The zero-order chi connectivity index (χ0) is 16.7. The number of hydrogen-bond acceptors (Lipinski definition) is 4. The van der Waals surface area contributed by atoms with Crippen molar-refractivity contribution >= 4 is 11.8 Å². The molecule has 122 valence electrons. The van der Waals surface area contributed by atoms with Gasteiger partial charge in [-0.1, -0.05) is 13.8 Å². The number of phenols is 1. The van der Waals surface area contributed by atoms with Crippen LogP contribution in [0.5, 0.6) is 5.75 Å². The van der Waals surface area contributed by atoms with E-state index in [1.807, 2.05) is 20.8 Å². The van der Waals surface area contributed by atoms with Crippen LogP contribution >= 0.6 is 0 Å². The molecule has 1 fully saturated rings. The molecule has 1 aliphatic rings. The number of carbonyl (C=O) groups is 1. The van der Waals surface area contributed by atoms with Gasteiger partial charge in [0.25, 0.3) is 0 Å². The van der Waals surface area contributed by atoms with Crippen LogP contribution in [-0.4, -0.2) is 23.3 Å². The van der Waals surface area contributed by atoms with E-state index in [-0.39, 0.29) is 17.1 Å². The third-order valence-electron chi connectivity index (χ3n) is 4.31. The van der Waals surface area contributed by atoms with Gasteiger partial charge in [0.2, 0.25) is 0 Å². The van der Waals surface area contributed by atoms with Gasteiger partial charge in [-0.2, -0.15) is 0 Å². The van der Waals surface area contributed by atoms with Crippen LogP contribution in [0.1, 0.15) is 46.1 Å². The Morgan fingerprint density at radius 1 is 1.41 bits per heavy atom. The molecule has 22 heavy (non-hydrogen) atoms. The maximum Gasteiger partial charge on any atom is 0.412 e. The predicted molar refractivity (Wildman–Crippen MR) is 87.0 cm³/mol. The van der Waals surface area contributed by atoms with E-state index < -0.39 is 11.7 Å². The second-order valence-corrected chi connectivity index (χ2v) is 7.54. The number of nitrogens with one attached hydrogen (secondary N) is 1. The molecule has 0 heterocycles. The van der Waals surface area contributed by atoms with Crippen molar-refractivity contribution in [2.24, 2.45) is 17.1 Å². The number of anilines is 1. The van der Waals surface area contributed by atoms with Crippen LogP contribution in [0.3, 0.4) is 0 Å². The molecule has 4 N–H and O–H groups in total. The highest BCUT2D eigenvalue weighted by molar-refractivity contribution is 5.86. The van der Waals surface area contributed by atoms with Crippen molar-refractivity contribution in [1.82, 2.24) is 0 Å². The molecule has 1 aromatic rings. The van der Waals surface area contributed by atoms with E-state index in [0.29, 0.717) is 18.2 Å². The fraction of sp³-hybridized carbons (Fsp3) is 0.588. The number of nitrogens with two attached hydrogens (primary N) is 1. The second kappa shape index (κ2) is 5.47. The molecule has 5 nitrogen and oxygen atoms in total. The minimum Gasteiger partial charge on any atom is -0.508 e. The lowest BCUT2D eigenvalue weighted by molar-refractivity contribution is 0.0635. The Bertz CT molecular complexity index is 576. The Balaban J connectivity index is 2.25. The van der Waals surface area contributed by atoms with Crippen LogP contribution in [-0.2, 0) is 4.74 Å². The minimum atomic E-state index is -0.556. The number of hydrogen-bond donors (Lipinski definition) is 3. The van der Waals surface area contributed by atoms with Crippen LogP contribution in [0.15, 0.2) is 18.2 Å². The third kappa shape index (κ3) is 3.35. The van der Waals surface area contributed by atoms with Gasteiger partial charge in [-0.25, -0.2) is 4.79 Å². The highest BCUT2D eigenvalue weighted by Crippen LogP contribution is 2.65. The van der Waals surface area contributed by atoms with Gasteiger partial charge in [-0.3, -0.25) is 5.32 Å². The standard InChI is InChI=1S/C17H26N2O3/c1-16(2,3)22-15(21)19-13-7-6-10(20)8-11(13)14-12(9-18)17(14,4)5/h6-8,12,14,20H,9,18H2,1-5H3,(H,19,21)/t12-,14-/m1/s1. The van der Waals surface area contributed by atoms with Crippen molar-refractivity contribution in [3.63, 3.8) is 0 Å². The molecule has 1 saturated carbocycles. The summed E-state index contributed by atoms with van der Waals surface area (Å²) in [4.78, 5) is 12.0. The number of aromatic hydroxyl groups is 1. The van der Waals surface area contributed by atoms with Gasteiger partial charge in [-0.15, -0.1) is 0 Å². The van der Waals surface area contributed by atoms with Crippen LogP contribution in [0, 0.1) is 11.3 Å². The van der Waals surface area contributed by atoms with Gasteiger partial charge < -0.3 is 15.6 Å². The van der Waals surface area contributed by atoms with Crippen LogP contribution in [0.4, 0.5) is 10.5 Å². The Morgan fingerprint density at radius 3 is 2.55 bits per heavy atom. The molecular formula is C17H26N2O3. The predicted octanol–water partition coefficient (Wildman–Crippen LogP) is 3.44. The van der Waals surface area contributed by atoms with Crippen LogP contribution in [0.25, 0.3) is 0 Å². The first-order chi connectivity index (χ1) is 10.1. The first-order valence-electron chi connectivity index (χ1n) is 7.59. The fourth-order valence-electron chi connectivity index (χ4n) is 3.14. The Hall–Kier alpha value is -1.75. The van der Waals surface area contributed by atoms with Crippen molar-refractivity contribution in [3.8, 4) is 5.75 Å². The minimum absolute atomic E-state index is 0.0624. The van der Waals surface area contributed by atoms with E-state index in [1.165, 1.54) is 0 Å². The number of rotatable bonds is 3. The maximum absolute atomic E-state index is 12.0. The summed E-state index contributed by atoms with van der Waals surface area (Å²) in [5.41, 5.74) is 6.92. The summed E-state index contributed by atoms with van der Waals surface area (Å²) in [6.45, 7) is 10.3. The molecule has 2 atom stereocenters. The van der Waals surface area contributed by atoms with Crippen molar-refractivity contribution < 1.29 is 14.6 Å². The number of benzene rings is 1. The summed E-state index contributed by atoms with van der Waals surface area (Å²) < 4.78 is 5.29. The molecule has 5 heteroatoms. The average Bonchev–Trinajstić information content (AvgIpc) is 2.90. The summed E-state index contributed by atoms with van der Waals surface area (Å²) >= 11 is 0. The molecular weight excluding hydrogens is 280 g/mol. The summed E-state index contributed by atoms with van der Waals surface area (Å²) in [6, 6.07) is 4.97. The number of amides is 1. The first-order valence-corrected chi connectivity index (χ1v) is 7.59. The molecule has 0 spiro atoms. The van der Waals surface area contributed by atoms with Crippen LogP contribution < -0.4 is 11.1 Å². The average molecular weight is 306 g/mol. The molecule has 0 aromatic heterocycles. The quantitative estimate of drug-likeness (QED) is 0.747. The van der Waals surface area contributed by atoms with Crippen molar-refractivity contribution in [3.05, 3.63) is 23.8 Å². The highest BCUT2D eigenvalue weighted by atomic mass is 16.6. The zero-order valence-corrected chi connectivity index (χ0v) is 13.9. The van der Waals surface area contributed by atoms with E-state index in [2.05, 4.69) is 19.2 Å². The summed E-state index contributed by atoms with van der Waals surface area (Å²) in [6.07, 6.45) is -0.498. The molecule has 1 aromatic carbocycles. The van der Waals surface area contributed by atoms with Crippen LogP contribution in [0.2, 0.25) is 0 Å². The molecule has 0 radical (unpaired) electrons. The largest absolute Gasteiger partial charge is 0.508 e. The van der Waals surface area contributed by atoms with Gasteiger partial charge in [0.15, 0.2) is 0 Å². The Labute approximate surface area is 131 Å². The monoisotopic (exact) mass is 306 g/mol. The van der Waals surface area contributed by atoms with E-state index in [0.717, 1.165) is 5.56 Å². The summed E-state index contributed by atoms with van der Waals surface area (Å²) in [5.74, 6) is 0.742. The summed E-state index contributed by atoms with van der Waals surface area (Å²) in [5, 5.41) is 12.6. The lowest BCUT2D eigenvalue weighted by Gasteiger charge is -2.21. The smallest absolute Gasteiger partial charge is 0.412 e. The molecule has 1 amide bonds. The number of carbonyl (C=O) groups excluding carboxylic acids is 1. The molecule has 0 saturated heterocycles. The van der Waals surface area contributed by atoms with E-state index in [9.17, 15) is 9.90 Å². The van der Waals surface area contributed by atoms with Gasteiger partial charge in [0.1, 0.15) is 11.4 Å². The number of ether oxygens (including phenoxy) is 1. The van der Waals surface area contributed by atoms with E-state index in [4.69, 9.17) is 10.5 Å². The topological polar surface area (TPSA) is 84.6 Å². The van der Waals surface area contributed by atoms with Crippen molar-refractivity contribution in [2.75, 3.05) is 11.9 Å². The Morgan fingerprint density at radius 2 is 2.05 bits per heavy atom. The zero-order valence-electron chi connectivity index (χ0n) is 13.9. The first kappa shape index (κ1) is 16.6.